The number of morpholine rings is 1. The molecule has 2 fully saturated rings. The summed E-state index contributed by atoms with van der Waals surface area (Å²) in [6.07, 6.45) is 1.06. The smallest absolute Gasteiger partial charge is 0.298 e. The van der Waals surface area contributed by atoms with Gasteiger partial charge in [0.25, 0.3) is 5.92 Å². The Balaban J connectivity index is 1.51. The quantitative estimate of drug-likeness (QED) is 0.473. The molecule has 10 heteroatoms. The van der Waals surface area contributed by atoms with Crippen LogP contribution in [0.4, 0.5) is 24.7 Å². The number of nitrogens with zero attached hydrogens (tertiary/aromatic N) is 2. The lowest BCUT2D eigenvalue weighted by Crippen LogP contribution is -2.64. The molecule has 0 aliphatic carbocycles. The molecule has 5 rings (SSSR count). The molecule has 0 saturated carbocycles. The summed E-state index contributed by atoms with van der Waals surface area (Å²) < 4.78 is 54.2. The summed E-state index contributed by atoms with van der Waals surface area (Å²) in [4.78, 5) is 10.2. The van der Waals surface area contributed by atoms with Gasteiger partial charge in [-0.1, -0.05) is 12.1 Å². The van der Waals surface area contributed by atoms with Crippen molar-refractivity contribution in [3.63, 3.8) is 0 Å². The van der Waals surface area contributed by atoms with Gasteiger partial charge in [0, 0.05) is 16.6 Å². The molecule has 2 aromatic heterocycles. The first kappa shape index (κ1) is 22.8. The predicted octanol–water partition coefficient (Wildman–Crippen LogP) is 4.25. The van der Waals surface area contributed by atoms with Crippen LogP contribution in [-0.2, 0) is 10.7 Å². The third-order valence-electron chi connectivity index (χ3n) is 6.78. The Labute approximate surface area is 194 Å². The lowest BCUT2D eigenvalue weighted by Gasteiger charge is -2.53. The molecule has 7 nitrogen and oxygen atoms in total. The van der Waals surface area contributed by atoms with Crippen molar-refractivity contribution in [2.45, 2.75) is 44.3 Å². The van der Waals surface area contributed by atoms with E-state index in [9.17, 15) is 13.2 Å². The molecular weight excluding hydrogens is 449 g/mol. The van der Waals surface area contributed by atoms with Crippen molar-refractivity contribution in [2.75, 3.05) is 37.1 Å². The Hall–Kier alpha value is -2.98. The number of alkyl halides is 2. The van der Waals surface area contributed by atoms with Gasteiger partial charge in [0.2, 0.25) is 5.88 Å². The second-order valence-electron chi connectivity index (χ2n) is 8.96. The molecule has 2 aliphatic rings. The van der Waals surface area contributed by atoms with Crippen molar-refractivity contribution in [2.24, 2.45) is 0 Å². The molecule has 3 atom stereocenters. The average molecular weight is 476 g/mol. The molecule has 2 aliphatic heterocycles. The number of aliphatic hydroxyl groups is 1. The van der Waals surface area contributed by atoms with Crippen LogP contribution in [0.3, 0.4) is 0 Å². The molecule has 0 radical (unpaired) electrons. The van der Waals surface area contributed by atoms with Gasteiger partial charge in [-0.2, -0.15) is 8.78 Å². The summed E-state index contributed by atoms with van der Waals surface area (Å²) in [5.41, 5.74) is 1.61. The fourth-order valence-corrected chi connectivity index (χ4v) is 5.00. The number of hydrogen-bond donors (Lipinski definition) is 3. The van der Waals surface area contributed by atoms with Crippen LogP contribution in [0.2, 0.25) is 0 Å². The number of anilines is 2. The molecule has 182 valence electrons. The molecular formula is C24H27F3N4O3. The van der Waals surface area contributed by atoms with Crippen LogP contribution in [-0.4, -0.2) is 54.1 Å². The zero-order valence-corrected chi connectivity index (χ0v) is 19.2. The first-order valence-electron chi connectivity index (χ1n) is 11.2. The van der Waals surface area contributed by atoms with E-state index in [0.717, 1.165) is 29.3 Å². The number of pyridine rings is 1. The molecule has 1 aromatic carbocycles. The van der Waals surface area contributed by atoms with E-state index in [0.29, 0.717) is 30.4 Å². The minimum atomic E-state index is -3.66. The number of aryl methyl sites for hydroxylation is 1. The second kappa shape index (κ2) is 8.35. The third kappa shape index (κ3) is 3.56. The number of halogens is 3. The predicted molar refractivity (Wildman–Crippen MR) is 122 cm³/mol. The number of aromatic amines is 1. The highest BCUT2D eigenvalue weighted by molar-refractivity contribution is 5.96. The van der Waals surface area contributed by atoms with Crippen LogP contribution in [0, 0.1) is 12.7 Å². The number of aromatic nitrogens is 2. The molecule has 2 unspecified atom stereocenters. The van der Waals surface area contributed by atoms with Crippen LogP contribution >= 0.6 is 0 Å². The normalized spacial score (nSPS) is 20.9. The molecule has 3 aromatic rings. The minimum Gasteiger partial charge on any atom is -0.480 e. The van der Waals surface area contributed by atoms with E-state index in [1.807, 2.05) is 13.0 Å². The van der Waals surface area contributed by atoms with Crippen LogP contribution in [0.5, 0.6) is 5.88 Å². The highest BCUT2D eigenvalue weighted by atomic mass is 19.3. The largest absolute Gasteiger partial charge is 0.480 e. The molecule has 4 heterocycles. The number of H-pyrrole nitrogens is 1. The van der Waals surface area contributed by atoms with E-state index in [2.05, 4.69) is 15.2 Å². The lowest BCUT2D eigenvalue weighted by atomic mass is 9.90. The third-order valence-corrected chi connectivity index (χ3v) is 6.78. The Morgan fingerprint density at radius 1 is 1.35 bits per heavy atom. The van der Waals surface area contributed by atoms with Gasteiger partial charge >= 0.3 is 0 Å². The van der Waals surface area contributed by atoms with Gasteiger partial charge in [0.05, 0.1) is 49.5 Å². The van der Waals surface area contributed by atoms with Crippen LogP contribution in [0.1, 0.15) is 36.2 Å². The number of nitrogens with one attached hydrogen (secondary N) is 2. The van der Waals surface area contributed by atoms with E-state index in [1.54, 1.807) is 14.0 Å². The lowest BCUT2D eigenvalue weighted by molar-refractivity contribution is -0.0583. The minimum absolute atomic E-state index is 0.0714. The van der Waals surface area contributed by atoms with Gasteiger partial charge in [-0.15, -0.1) is 0 Å². The molecule has 0 spiro atoms. The first-order chi connectivity index (χ1) is 16.2. The highest BCUT2D eigenvalue weighted by Gasteiger charge is 2.44. The number of benzene rings is 1. The number of hydrogen-bond acceptors (Lipinski definition) is 6. The Bertz CT molecular complexity index is 1220. The fraction of sp³-hybridized carbons (Fsp3) is 0.458. The zero-order chi connectivity index (χ0) is 24.2. The van der Waals surface area contributed by atoms with E-state index < -0.39 is 30.0 Å². The van der Waals surface area contributed by atoms with Crippen molar-refractivity contribution in [3.8, 4) is 5.88 Å². The van der Waals surface area contributed by atoms with E-state index in [1.165, 1.54) is 12.1 Å². The zero-order valence-electron chi connectivity index (χ0n) is 19.2. The maximum absolute atomic E-state index is 15.0. The van der Waals surface area contributed by atoms with Gasteiger partial charge in [-0.05, 0) is 32.4 Å². The molecule has 34 heavy (non-hydrogen) atoms. The summed E-state index contributed by atoms with van der Waals surface area (Å²) in [5, 5.41) is 13.0. The monoisotopic (exact) mass is 476 g/mol. The van der Waals surface area contributed by atoms with Crippen molar-refractivity contribution in [1.29, 1.82) is 0 Å². The van der Waals surface area contributed by atoms with Crippen LogP contribution < -0.4 is 15.0 Å². The summed E-state index contributed by atoms with van der Waals surface area (Å²) >= 11 is 0. The van der Waals surface area contributed by atoms with Crippen LogP contribution in [0.15, 0.2) is 24.3 Å². The van der Waals surface area contributed by atoms with Crippen molar-refractivity contribution >= 4 is 22.4 Å². The van der Waals surface area contributed by atoms with E-state index in [-0.39, 0.29) is 17.6 Å². The topological polar surface area (TPSA) is 82.6 Å². The number of ether oxygens (including phenoxy) is 2. The standard InChI is InChI=1S/C24H27F3N4O3/c1-12(16-5-4-6-18(20(16)25)24(26,27)11-32)28-22-17-8-19(31-14-7-15(31)10-34-9-14)23(33-3)30-21(17)13(2)29-22/h4-6,8,12,14-15,28-29,32H,7,9-11H2,1-3H3/t12-,14?,15?/m1/s1. The maximum atomic E-state index is 15.0. The van der Waals surface area contributed by atoms with Gasteiger partial charge in [-0.25, -0.2) is 9.37 Å². The number of methoxy groups -OCH3 is 1. The Kier molecular flexibility index (Phi) is 5.60. The summed E-state index contributed by atoms with van der Waals surface area (Å²) in [7, 11) is 1.59. The van der Waals surface area contributed by atoms with Crippen molar-refractivity contribution in [3.05, 3.63) is 46.9 Å². The summed E-state index contributed by atoms with van der Waals surface area (Å²) in [6.45, 7) is 3.41. The van der Waals surface area contributed by atoms with E-state index >= 15 is 0 Å². The first-order valence-corrected chi connectivity index (χ1v) is 11.2. The highest BCUT2D eigenvalue weighted by Crippen LogP contribution is 2.43. The van der Waals surface area contributed by atoms with Gasteiger partial charge < -0.3 is 29.8 Å². The maximum Gasteiger partial charge on any atom is 0.298 e. The average Bonchev–Trinajstić information content (AvgIpc) is 3.12. The SMILES string of the molecule is COc1nc2c(C)[nH]c(N[C@H](C)c3cccc(C(F)(F)CO)c3F)c2cc1N1C2COCC1C2. The van der Waals surface area contributed by atoms with Crippen LogP contribution in [0.25, 0.3) is 10.9 Å². The summed E-state index contributed by atoms with van der Waals surface area (Å²) in [5.74, 6) is -3.57. The molecule has 2 saturated heterocycles. The van der Waals surface area contributed by atoms with Crippen molar-refractivity contribution in [1.82, 2.24) is 9.97 Å². The summed E-state index contributed by atoms with van der Waals surface area (Å²) in [6, 6.07) is 5.71. The fourth-order valence-electron chi connectivity index (χ4n) is 5.00. The van der Waals surface area contributed by atoms with Gasteiger partial charge in [-0.3, -0.25) is 0 Å². The second-order valence-corrected chi connectivity index (χ2v) is 8.96. The number of rotatable bonds is 7. The Morgan fingerprint density at radius 3 is 2.74 bits per heavy atom. The number of aliphatic hydroxyl groups excluding tert-OH is 1. The Morgan fingerprint density at radius 2 is 2.09 bits per heavy atom. The number of fused-ring (bicyclic) bond motifs is 3. The van der Waals surface area contributed by atoms with Crippen molar-refractivity contribution < 1.29 is 27.8 Å². The molecule has 2 bridgehead atoms. The molecule has 3 N–H and O–H groups in total. The molecule has 0 amide bonds. The van der Waals surface area contributed by atoms with Gasteiger partial charge in [0.1, 0.15) is 23.9 Å². The van der Waals surface area contributed by atoms with Gasteiger partial charge in [0.15, 0.2) is 0 Å². The van der Waals surface area contributed by atoms with E-state index in [4.69, 9.17) is 19.6 Å².